The lowest BCUT2D eigenvalue weighted by Crippen LogP contribution is -2.44. The Hall–Kier alpha value is -4.56. The number of rotatable bonds is 7. The highest BCUT2D eigenvalue weighted by Crippen LogP contribution is 2.49. The van der Waals surface area contributed by atoms with Gasteiger partial charge in [0, 0.05) is 23.7 Å². The molecule has 45 heavy (non-hydrogen) atoms. The molecule has 0 spiro atoms. The highest BCUT2D eigenvalue weighted by molar-refractivity contribution is 5.99. The van der Waals surface area contributed by atoms with Gasteiger partial charge in [0.25, 0.3) is 5.56 Å². The molecule has 14 nitrogen and oxygen atoms in total. The maximum absolute atomic E-state index is 13.8. The van der Waals surface area contributed by atoms with Crippen molar-refractivity contribution in [3.05, 3.63) is 54.9 Å². The molecule has 2 aromatic heterocycles. The van der Waals surface area contributed by atoms with Crippen molar-refractivity contribution in [3.63, 3.8) is 0 Å². The molecule has 236 valence electrons. The second kappa shape index (κ2) is 9.97. The van der Waals surface area contributed by atoms with Crippen LogP contribution in [0.3, 0.4) is 0 Å². The summed E-state index contributed by atoms with van der Waals surface area (Å²) in [6, 6.07) is 3.10. The van der Waals surface area contributed by atoms with Crippen LogP contribution in [-0.4, -0.2) is 50.0 Å². The van der Waals surface area contributed by atoms with Crippen LogP contribution in [0.15, 0.2) is 16.9 Å². The topological polar surface area (TPSA) is 181 Å². The van der Waals surface area contributed by atoms with E-state index in [9.17, 15) is 29.6 Å². The standard InChI is InChI=1S/C31H32N4O10/c1-5-31(39)18-8-20-23-16(11-34(20)28(37)17(18)12-42-29(31)38)15(10-32-27(36)25(14-6-7-14)45-30(2,3)4)22-19(33-23)9-21-26(44-13-43-21)24(22)35(40)41/h8-9,14,25,39H,5-7,10-13H2,1-4H3,(H,32,36)/t25?,31-/m0/s1. The van der Waals surface area contributed by atoms with E-state index in [0.29, 0.717) is 22.5 Å². The zero-order valence-corrected chi connectivity index (χ0v) is 25.2. The van der Waals surface area contributed by atoms with Crippen molar-refractivity contribution < 1.29 is 38.6 Å². The average molecular weight is 621 g/mol. The van der Waals surface area contributed by atoms with E-state index in [-0.39, 0.29) is 84.0 Å². The molecule has 4 aliphatic rings. The van der Waals surface area contributed by atoms with Crippen LogP contribution in [0.2, 0.25) is 0 Å². The highest BCUT2D eigenvalue weighted by Gasteiger charge is 2.46. The molecule has 1 fully saturated rings. The lowest BCUT2D eigenvalue weighted by molar-refractivity contribution is -0.383. The minimum absolute atomic E-state index is 0.0143. The Morgan fingerprint density at radius 2 is 2.00 bits per heavy atom. The number of cyclic esters (lactones) is 1. The SMILES string of the molecule is CC[C@@]1(O)C(=O)OCc2c1cc1n(c2=O)Cc2c-1nc1cc3c(c([N+](=O)[O-])c1c2CNC(=O)C(OC(C)(C)C)C1CC1)OCO3. The molecule has 1 unspecified atom stereocenters. The summed E-state index contributed by atoms with van der Waals surface area (Å²) in [6.45, 7) is 6.59. The summed E-state index contributed by atoms with van der Waals surface area (Å²) < 4.78 is 23.7. The number of nitro groups is 1. The molecule has 2 N–H and O–H groups in total. The number of aromatic nitrogens is 2. The summed E-state index contributed by atoms with van der Waals surface area (Å²) in [4.78, 5) is 56.7. The van der Waals surface area contributed by atoms with Crippen molar-refractivity contribution in [1.29, 1.82) is 0 Å². The maximum Gasteiger partial charge on any atom is 0.343 e. The van der Waals surface area contributed by atoms with Gasteiger partial charge in [-0.15, -0.1) is 0 Å². The number of nitrogens with zero attached hydrogens (tertiary/aromatic N) is 3. The Kier molecular flexibility index (Phi) is 6.46. The monoisotopic (exact) mass is 620 g/mol. The lowest BCUT2D eigenvalue weighted by Gasteiger charge is -2.31. The molecule has 0 bridgehead atoms. The summed E-state index contributed by atoms with van der Waals surface area (Å²) in [7, 11) is 0. The number of nitro benzene ring substituents is 1. The normalized spacial score (nSPS) is 20.3. The van der Waals surface area contributed by atoms with Gasteiger partial charge in [-0.05, 0) is 57.6 Å². The van der Waals surface area contributed by atoms with Crippen LogP contribution >= 0.6 is 0 Å². The fourth-order valence-corrected chi connectivity index (χ4v) is 6.46. The first-order chi connectivity index (χ1) is 21.3. The third-order valence-electron chi connectivity index (χ3n) is 8.81. The Bertz CT molecular complexity index is 1890. The summed E-state index contributed by atoms with van der Waals surface area (Å²) in [6.07, 6.45) is 0.995. The van der Waals surface area contributed by atoms with E-state index in [4.69, 9.17) is 23.9 Å². The van der Waals surface area contributed by atoms with Crippen LogP contribution < -0.4 is 20.3 Å². The molecule has 5 heterocycles. The lowest BCUT2D eigenvalue weighted by atomic mass is 9.86. The van der Waals surface area contributed by atoms with Crippen molar-refractivity contribution in [1.82, 2.24) is 14.9 Å². The maximum atomic E-state index is 13.8. The smallest absolute Gasteiger partial charge is 0.343 e. The van der Waals surface area contributed by atoms with Crippen molar-refractivity contribution in [2.45, 2.75) is 84.0 Å². The van der Waals surface area contributed by atoms with E-state index in [2.05, 4.69) is 5.32 Å². The Morgan fingerprint density at radius 1 is 1.24 bits per heavy atom. The Labute approximate surface area is 256 Å². The fraction of sp³-hybridized carbons (Fsp3) is 0.484. The molecule has 1 aromatic carbocycles. The van der Waals surface area contributed by atoms with E-state index in [0.717, 1.165) is 12.8 Å². The Morgan fingerprint density at radius 3 is 2.67 bits per heavy atom. The largest absolute Gasteiger partial charge is 0.458 e. The molecular weight excluding hydrogens is 588 g/mol. The number of aliphatic hydroxyl groups is 1. The number of ether oxygens (including phenoxy) is 4. The van der Waals surface area contributed by atoms with Gasteiger partial charge < -0.3 is 33.9 Å². The predicted octanol–water partition coefficient (Wildman–Crippen LogP) is 2.93. The number of fused-ring (bicyclic) bond motifs is 6. The Balaban J connectivity index is 1.41. The second-order valence-electron chi connectivity index (χ2n) is 12.8. The van der Waals surface area contributed by atoms with Gasteiger partial charge in [0.05, 0.1) is 44.9 Å². The molecule has 1 amide bonds. The summed E-state index contributed by atoms with van der Waals surface area (Å²) in [5, 5.41) is 26.9. The molecule has 0 saturated heterocycles. The van der Waals surface area contributed by atoms with Gasteiger partial charge in [0.15, 0.2) is 11.4 Å². The number of hydrogen-bond acceptors (Lipinski definition) is 11. The van der Waals surface area contributed by atoms with Crippen molar-refractivity contribution in [3.8, 4) is 22.9 Å². The third kappa shape index (κ3) is 4.53. The van der Waals surface area contributed by atoms with Gasteiger partial charge in [-0.3, -0.25) is 19.7 Å². The number of esters is 1. The van der Waals surface area contributed by atoms with Crippen molar-refractivity contribution in [2.75, 3.05) is 6.79 Å². The molecular formula is C31H32N4O10. The molecule has 3 aliphatic heterocycles. The van der Waals surface area contributed by atoms with Crippen LogP contribution in [-0.2, 0) is 44.4 Å². The average Bonchev–Trinajstić information content (AvgIpc) is 3.61. The van der Waals surface area contributed by atoms with Gasteiger partial charge in [-0.2, -0.15) is 0 Å². The van der Waals surface area contributed by atoms with Gasteiger partial charge >= 0.3 is 11.7 Å². The number of carbonyl (C=O) groups excluding carboxylic acids is 2. The number of amides is 1. The number of carbonyl (C=O) groups is 2. The minimum Gasteiger partial charge on any atom is -0.458 e. The zero-order chi connectivity index (χ0) is 32.0. The van der Waals surface area contributed by atoms with Crippen LogP contribution in [0, 0.1) is 16.0 Å². The van der Waals surface area contributed by atoms with E-state index >= 15 is 0 Å². The molecule has 7 rings (SSSR count). The predicted molar refractivity (Wildman–Crippen MR) is 156 cm³/mol. The van der Waals surface area contributed by atoms with Gasteiger partial charge in [-0.1, -0.05) is 6.92 Å². The first kappa shape index (κ1) is 29.2. The molecule has 14 heteroatoms. The van der Waals surface area contributed by atoms with Crippen molar-refractivity contribution >= 4 is 28.5 Å². The molecule has 1 saturated carbocycles. The van der Waals surface area contributed by atoms with E-state index in [1.165, 1.54) is 10.6 Å². The zero-order valence-electron chi connectivity index (χ0n) is 25.2. The molecule has 0 radical (unpaired) electrons. The highest BCUT2D eigenvalue weighted by atomic mass is 16.7. The van der Waals surface area contributed by atoms with Crippen LogP contribution in [0.1, 0.15) is 69.2 Å². The number of hydrogen-bond donors (Lipinski definition) is 2. The van der Waals surface area contributed by atoms with E-state index < -0.39 is 33.8 Å². The van der Waals surface area contributed by atoms with Crippen molar-refractivity contribution in [2.24, 2.45) is 5.92 Å². The van der Waals surface area contributed by atoms with E-state index in [1.807, 2.05) is 20.8 Å². The molecule has 3 aromatic rings. The van der Waals surface area contributed by atoms with Crippen LogP contribution in [0.5, 0.6) is 11.5 Å². The third-order valence-corrected chi connectivity index (χ3v) is 8.81. The summed E-state index contributed by atoms with van der Waals surface area (Å²) in [5.74, 6) is -1.01. The van der Waals surface area contributed by atoms with Gasteiger partial charge in [-0.25, -0.2) is 9.78 Å². The quantitative estimate of drug-likeness (QED) is 0.176. The summed E-state index contributed by atoms with van der Waals surface area (Å²) in [5.41, 5.74) is -1.40. The minimum atomic E-state index is -2.02. The first-order valence-electron chi connectivity index (χ1n) is 14.9. The van der Waals surface area contributed by atoms with Crippen LogP contribution in [0.4, 0.5) is 5.69 Å². The first-order valence-corrected chi connectivity index (χ1v) is 14.9. The molecule has 1 aliphatic carbocycles. The molecule has 2 atom stereocenters. The number of pyridine rings is 2. The number of benzene rings is 1. The number of nitrogens with one attached hydrogen (secondary N) is 1. The fourth-order valence-electron chi connectivity index (χ4n) is 6.46. The van der Waals surface area contributed by atoms with Crippen LogP contribution in [0.25, 0.3) is 22.3 Å². The second-order valence-corrected chi connectivity index (χ2v) is 12.8. The van der Waals surface area contributed by atoms with Gasteiger partial charge in [0.2, 0.25) is 18.4 Å². The van der Waals surface area contributed by atoms with Gasteiger partial charge in [0.1, 0.15) is 12.7 Å². The summed E-state index contributed by atoms with van der Waals surface area (Å²) >= 11 is 0. The van der Waals surface area contributed by atoms with E-state index in [1.54, 1.807) is 13.0 Å².